The first-order valence-electron chi connectivity index (χ1n) is 4.81. The van der Waals surface area contributed by atoms with Crippen LogP contribution in [0.3, 0.4) is 0 Å². The van der Waals surface area contributed by atoms with Gasteiger partial charge in [-0.1, -0.05) is 11.6 Å². The molecule has 0 saturated heterocycles. The molecule has 0 atom stereocenters. The summed E-state index contributed by atoms with van der Waals surface area (Å²) in [6, 6.07) is 1.91. The lowest BCUT2D eigenvalue weighted by atomic mass is 10.4. The average molecular weight is 247 g/mol. The number of hydrogen-bond donors (Lipinski definition) is 1. The fraction of sp³-hybridized carbons (Fsp3) is 0.500. The number of rotatable bonds is 5. The van der Waals surface area contributed by atoms with E-state index in [2.05, 4.69) is 5.32 Å². The minimum atomic E-state index is 0.111. The second-order valence-electron chi connectivity index (χ2n) is 3.24. The Labute approximate surface area is 99.0 Å². The van der Waals surface area contributed by atoms with Crippen LogP contribution in [-0.4, -0.2) is 30.9 Å². The van der Waals surface area contributed by atoms with Crippen LogP contribution >= 0.6 is 22.9 Å². The van der Waals surface area contributed by atoms with Crippen molar-refractivity contribution in [3.63, 3.8) is 0 Å². The summed E-state index contributed by atoms with van der Waals surface area (Å²) in [5.74, 6) is 0.111. The van der Waals surface area contributed by atoms with Crippen LogP contribution in [0.5, 0.6) is 0 Å². The van der Waals surface area contributed by atoms with Crippen LogP contribution in [0.15, 0.2) is 11.4 Å². The molecule has 0 spiro atoms. The first-order chi connectivity index (χ1) is 7.13. The molecule has 1 aromatic rings. The van der Waals surface area contributed by atoms with E-state index < -0.39 is 0 Å². The maximum Gasteiger partial charge on any atom is 0.236 e. The summed E-state index contributed by atoms with van der Waals surface area (Å²) in [4.78, 5) is 14.2. The topological polar surface area (TPSA) is 32.3 Å². The van der Waals surface area contributed by atoms with E-state index in [4.69, 9.17) is 11.6 Å². The second-order valence-corrected chi connectivity index (χ2v) is 4.67. The summed E-state index contributed by atoms with van der Waals surface area (Å²) < 4.78 is 0. The van der Waals surface area contributed by atoms with Crippen molar-refractivity contribution >= 4 is 28.8 Å². The van der Waals surface area contributed by atoms with Gasteiger partial charge in [0.2, 0.25) is 5.91 Å². The highest BCUT2D eigenvalue weighted by Crippen LogP contribution is 2.18. The zero-order valence-electron chi connectivity index (χ0n) is 8.92. The Morgan fingerprint density at radius 3 is 2.93 bits per heavy atom. The highest BCUT2D eigenvalue weighted by Gasteiger charge is 2.05. The standard InChI is InChI=1S/C10H15ClN2OS/c1-3-13(2)10(14)6-12-5-9-4-8(11)7-15-9/h4,7,12H,3,5-6H2,1-2H3. The molecule has 5 heteroatoms. The molecule has 0 aliphatic rings. The van der Waals surface area contributed by atoms with Gasteiger partial charge in [-0.3, -0.25) is 4.79 Å². The van der Waals surface area contributed by atoms with Crippen LogP contribution in [0.1, 0.15) is 11.8 Å². The largest absolute Gasteiger partial charge is 0.345 e. The highest BCUT2D eigenvalue weighted by atomic mass is 35.5. The van der Waals surface area contributed by atoms with Crippen LogP contribution < -0.4 is 5.32 Å². The van der Waals surface area contributed by atoms with Crippen LogP contribution in [0, 0.1) is 0 Å². The fourth-order valence-electron chi connectivity index (χ4n) is 1.05. The van der Waals surface area contributed by atoms with Gasteiger partial charge in [0.1, 0.15) is 0 Å². The Bertz CT molecular complexity index is 327. The fourth-order valence-corrected chi connectivity index (χ4v) is 2.09. The first-order valence-corrected chi connectivity index (χ1v) is 6.06. The zero-order valence-corrected chi connectivity index (χ0v) is 10.5. The van der Waals surface area contributed by atoms with Crippen LogP contribution in [0.4, 0.5) is 0 Å². The van der Waals surface area contributed by atoms with E-state index in [0.717, 1.165) is 16.4 Å². The minimum Gasteiger partial charge on any atom is -0.345 e. The maximum atomic E-state index is 11.4. The summed E-state index contributed by atoms with van der Waals surface area (Å²) in [5, 5.41) is 5.74. The molecular weight excluding hydrogens is 232 g/mol. The summed E-state index contributed by atoms with van der Waals surface area (Å²) in [6.45, 7) is 3.77. The number of halogens is 1. The SMILES string of the molecule is CCN(C)C(=O)CNCc1cc(Cl)cs1. The minimum absolute atomic E-state index is 0.111. The van der Waals surface area contributed by atoms with Gasteiger partial charge in [-0.25, -0.2) is 0 Å². The smallest absolute Gasteiger partial charge is 0.236 e. The van der Waals surface area contributed by atoms with E-state index in [1.54, 1.807) is 23.3 Å². The molecule has 0 fully saturated rings. The van der Waals surface area contributed by atoms with Gasteiger partial charge >= 0.3 is 0 Å². The molecule has 1 N–H and O–H groups in total. The zero-order chi connectivity index (χ0) is 11.3. The molecule has 0 bridgehead atoms. The van der Waals surface area contributed by atoms with Crippen LogP contribution in [0.2, 0.25) is 5.02 Å². The van der Waals surface area contributed by atoms with Crippen molar-refractivity contribution in [3.8, 4) is 0 Å². The Hall–Kier alpha value is -0.580. The molecule has 15 heavy (non-hydrogen) atoms. The third kappa shape index (κ3) is 4.20. The Morgan fingerprint density at radius 2 is 2.40 bits per heavy atom. The number of nitrogens with zero attached hydrogens (tertiary/aromatic N) is 1. The normalized spacial score (nSPS) is 10.3. The predicted octanol–water partition coefficient (Wildman–Crippen LogP) is 1.97. The molecule has 0 radical (unpaired) electrons. The number of hydrogen-bond acceptors (Lipinski definition) is 3. The van der Waals surface area contributed by atoms with Gasteiger partial charge in [0, 0.05) is 30.4 Å². The molecule has 1 rings (SSSR count). The van der Waals surface area contributed by atoms with E-state index >= 15 is 0 Å². The van der Waals surface area contributed by atoms with Gasteiger partial charge in [-0.15, -0.1) is 11.3 Å². The van der Waals surface area contributed by atoms with Crippen molar-refractivity contribution in [1.82, 2.24) is 10.2 Å². The molecule has 3 nitrogen and oxygen atoms in total. The third-order valence-electron chi connectivity index (χ3n) is 2.10. The Kier molecular flexibility index (Phi) is 5.08. The van der Waals surface area contributed by atoms with Crippen molar-refractivity contribution < 1.29 is 4.79 Å². The molecule has 0 aromatic carbocycles. The second kappa shape index (κ2) is 6.10. The van der Waals surface area contributed by atoms with Gasteiger partial charge in [-0.2, -0.15) is 0 Å². The van der Waals surface area contributed by atoms with E-state index in [0.29, 0.717) is 13.1 Å². The molecular formula is C10H15ClN2OS. The van der Waals surface area contributed by atoms with Crippen molar-refractivity contribution in [2.45, 2.75) is 13.5 Å². The van der Waals surface area contributed by atoms with Gasteiger partial charge in [0.15, 0.2) is 0 Å². The van der Waals surface area contributed by atoms with E-state index in [1.165, 1.54) is 0 Å². The summed E-state index contributed by atoms with van der Waals surface area (Å²) in [6.07, 6.45) is 0. The van der Waals surface area contributed by atoms with Crippen molar-refractivity contribution in [3.05, 3.63) is 21.3 Å². The molecule has 1 amide bonds. The molecule has 1 heterocycles. The van der Waals surface area contributed by atoms with Gasteiger partial charge < -0.3 is 10.2 Å². The number of carbonyl (C=O) groups is 1. The number of thiophene rings is 1. The lowest BCUT2D eigenvalue weighted by Crippen LogP contribution is -2.34. The summed E-state index contributed by atoms with van der Waals surface area (Å²) >= 11 is 7.38. The molecule has 0 aliphatic carbocycles. The lowest BCUT2D eigenvalue weighted by Gasteiger charge is -2.14. The van der Waals surface area contributed by atoms with Crippen molar-refractivity contribution in [2.24, 2.45) is 0 Å². The number of likely N-dealkylation sites (N-methyl/N-ethyl adjacent to an activating group) is 1. The highest BCUT2D eigenvalue weighted by molar-refractivity contribution is 7.10. The summed E-state index contributed by atoms with van der Waals surface area (Å²) in [5.41, 5.74) is 0. The molecule has 84 valence electrons. The molecule has 0 unspecified atom stereocenters. The van der Waals surface area contributed by atoms with Crippen LogP contribution in [-0.2, 0) is 11.3 Å². The van der Waals surface area contributed by atoms with Crippen molar-refractivity contribution in [2.75, 3.05) is 20.1 Å². The maximum absolute atomic E-state index is 11.4. The van der Waals surface area contributed by atoms with Crippen molar-refractivity contribution in [1.29, 1.82) is 0 Å². The monoisotopic (exact) mass is 246 g/mol. The van der Waals surface area contributed by atoms with E-state index in [1.807, 2.05) is 18.4 Å². The number of nitrogens with one attached hydrogen (secondary N) is 1. The van der Waals surface area contributed by atoms with Gasteiger partial charge in [-0.05, 0) is 13.0 Å². The third-order valence-corrected chi connectivity index (χ3v) is 3.38. The number of amides is 1. The molecule has 0 aliphatic heterocycles. The van der Waals surface area contributed by atoms with E-state index in [-0.39, 0.29) is 5.91 Å². The van der Waals surface area contributed by atoms with Gasteiger partial charge in [0.05, 0.1) is 11.6 Å². The number of carbonyl (C=O) groups excluding carboxylic acids is 1. The van der Waals surface area contributed by atoms with E-state index in [9.17, 15) is 4.79 Å². The quantitative estimate of drug-likeness (QED) is 0.862. The first kappa shape index (κ1) is 12.5. The average Bonchev–Trinajstić information content (AvgIpc) is 2.63. The Balaban J connectivity index is 2.24. The van der Waals surface area contributed by atoms with Gasteiger partial charge in [0.25, 0.3) is 0 Å². The Morgan fingerprint density at radius 1 is 1.67 bits per heavy atom. The summed E-state index contributed by atoms with van der Waals surface area (Å²) in [7, 11) is 1.80. The lowest BCUT2D eigenvalue weighted by molar-refractivity contribution is -0.128. The predicted molar refractivity (Wildman–Crippen MR) is 64.3 cm³/mol. The molecule has 1 aromatic heterocycles. The van der Waals surface area contributed by atoms with Crippen LogP contribution in [0.25, 0.3) is 0 Å². The molecule has 0 saturated carbocycles.